The number of hydrogen-bond acceptors (Lipinski definition) is 1. The van der Waals surface area contributed by atoms with E-state index in [1.54, 1.807) is 12.5 Å². The van der Waals surface area contributed by atoms with Crippen molar-refractivity contribution in [1.29, 1.82) is 5.26 Å². The largest absolute Gasteiger partial charge is 0.193 e. The molecule has 0 aromatic heterocycles. The SMILES string of the molecule is CC[C@H]1CC2C3CCC(CCCC/C=C/C#N)C3(C)CC[C@@H]2C2(C)CCCCC12. The van der Waals surface area contributed by atoms with E-state index in [-0.39, 0.29) is 0 Å². The van der Waals surface area contributed by atoms with Crippen LogP contribution >= 0.6 is 0 Å². The zero-order valence-electron chi connectivity index (χ0n) is 19.5. The van der Waals surface area contributed by atoms with Crippen molar-refractivity contribution < 1.29 is 0 Å². The first-order valence-corrected chi connectivity index (χ1v) is 13.1. The molecule has 4 aliphatic carbocycles. The Hall–Kier alpha value is -0.770. The third-order valence-corrected chi connectivity index (χ3v) is 10.8. The summed E-state index contributed by atoms with van der Waals surface area (Å²) in [6.07, 6.45) is 23.9. The van der Waals surface area contributed by atoms with Crippen LogP contribution in [0.4, 0.5) is 0 Å². The van der Waals surface area contributed by atoms with Gasteiger partial charge in [-0.15, -0.1) is 0 Å². The number of allylic oxidation sites excluding steroid dienone is 2. The maximum Gasteiger partial charge on any atom is 0.0908 e. The Morgan fingerprint density at radius 3 is 2.55 bits per heavy atom. The molecule has 4 saturated carbocycles. The Kier molecular flexibility index (Phi) is 6.49. The van der Waals surface area contributed by atoms with Crippen LogP contribution in [0.5, 0.6) is 0 Å². The van der Waals surface area contributed by atoms with Gasteiger partial charge in [0.2, 0.25) is 0 Å². The predicted molar refractivity (Wildman–Crippen MR) is 122 cm³/mol. The van der Waals surface area contributed by atoms with Crippen LogP contribution in [-0.2, 0) is 0 Å². The highest BCUT2D eigenvalue weighted by Gasteiger charge is 2.60. The zero-order chi connectivity index (χ0) is 20.5. The summed E-state index contributed by atoms with van der Waals surface area (Å²) in [7, 11) is 0. The Morgan fingerprint density at radius 2 is 1.76 bits per heavy atom. The molecule has 0 aromatic rings. The van der Waals surface area contributed by atoms with E-state index in [2.05, 4.69) is 32.9 Å². The summed E-state index contributed by atoms with van der Waals surface area (Å²) < 4.78 is 0. The van der Waals surface area contributed by atoms with E-state index in [0.29, 0.717) is 10.8 Å². The minimum Gasteiger partial charge on any atom is -0.193 e. The first-order valence-electron chi connectivity index (χ1n) is 13.1. The molecule has 4 aliphatic rings. The van der Waals surface area contributed by atoms with Crippen LogP contribution < -0.4 is 0 Å². The average Bonchev–Trinajstić information content (AvgIpc) is 3.06. The summed E-state index contributed by atoms with van der Waals surface area (Å²) in [4.78, 5) is 0. The van der Waals surface area contributed by atoms with Crippen molar-refractivity contribution >= 4 is 0 Å². The molecule has 4 fully saturated rings. The molecule has 0 aromatic carbocycles. The van der Waals surface area contributed by atoms with Gasteiger partial charge in [0.1, 0.15) is 0 Å². The molecule has 162 valence electrons. The molecular weight excluding hydrogens is 350 g/mol. The molecule has 4 rings (SSSR count). The topological polar surface area (TPSA) is 23.8 Å². The van der Waals surface area contributed by atoms with Crippen molar-refractivity contribution in [2.45, 2.75) is 111 Å². The monoisotopic (exact) mass is 395 g/mol. The van der Waals surface area contributed by atoms with Gasteiger partial charge in [-0.3, -0.25) is 0 Å². The van der Waals surface area contributed by atoms with Crippen molar-refractivity contribution in [3.8, 4) is 6.07 Å². The third-order valence-electron chi connectivity index (χ3n) is 10.8. The molecule has 0 aliphatic heterocycles. The molecule has 0 amide bonds. The first kappa shape index (κ1) is 21.5. The zero-order valence-corrected chi connectivity index (χ0v) is 19.5. The van der Waals surface area contributed by atoms with Crippen LogP contribution in [0.2, 0.25) is 0 Å². The van der Waals surface area contributed by atoms with Gasteiger partial charge in [-0.05, 0) is 111 Å². The van der Waals surface area contributed by atoms with Crippen LogP contribution in [0, 0.1) is 57.7 Å². The number of nitriles is 1. The van der Waals surface area contributed by atoms with Crippen molar-refractivity contribution in [2.24, 2.45) is 46.3 Å². The van der Waals surface area contributed by atoms with Crippen LogP contribution in [0.25, 0.3) is 0 Å². The molecule has 0 radical (unpaired) electrons. The van der Waals surface area contributed by atoms with Gasteiger partial charge in [-0.25, -0.2) is 0 Å². The van der Waals surface area contributed by atoms with Gasteiger partial charge in [0.25, 0.3) is 0 Å². The fraction of sp³-hybridized carbons (Fsp3) is 0.893. The van der Waals surface area contributed by atoms with Gasteiger partial charge >= 0.3 is 0 Å². The average molecular weight is 396 g/mol. The molecule has 1 heteroatoms. The lowest BCUT2D eigenvalue weighted by molar-refractivity contribution is -0.135. The quantitative estimate of drug-likeness (QED) is 0.327. The summed E-state index contributed by atoms with van der Waals surface area (Å²) in [6.45, 7) is 7.93. The molecule has 0 spiro atoms. The molecule has 29 heavy (non-hydrogen) atoms. The molecule has 0 N–H and O–H groups in total. The van der Waals surface area contributed by atoms with E-state index in [9.17, 15) is 0 Å². The highest BCUT2D eigenvalue weighted by molar-refractivity contribution is 5.10. The van der Waals surface area contributed by atoms with Crippen molar-refractivity contribution in [3.05, 3.63) is 12.2 Å². The fourth-order valence-corrected chi connectivity index (χ4v) is 9.39. The lowest BCUT2D eigenvalue weighted by atomic mass is 9.42. The predicted octanol–water partition coefficient (Wildman–Crippen LogP) is 8.31. The van der Waals surface area contributed by atoms with Gasteiger partial charge in [0.15, 0.2) is 0 Å². The van der Waals surface area contributed by atoms with Crippen LogP contribution in [0.1, 0.15) is 111 Å². The highest BCUT2D eigenvalue weighted by atomic mass is 14.7. The first-order chi connectivity index (χ1) is 14.0. The Labute approximate surface area is 180 Å². The minimum absolute atomic E-state index is 0.625. The minimum atomic E-state index is 0.625. The normalized spacial score (nSPS) is 46.7. The molecule has 0 saturated heterocycles. The smallest absolute Gasteiger partial charge is 0.0908 e. The van der Waals surface area contributed by atoms with E-state index in [4.69, 9.17) is 5.26 Å². The Bertz CT molecular complexity index is 629. The molecule has 1 nitrogen and oxygen atoms in total. The summed E-state index contributed by atoms with van der Waals surface area (Å²) >= 11 is 0. The number of hydrogen-bond donors (Lipinski definition) is 0. The standard InChI is InChI=1S/C28H45N/c1-4-21-20-23-25-15-14-22(12-8-6-5-7-11-19-29)27(25,2)18-16-26(23)28(3)17-10-9-13-24(21)28/h7,11,21-26H,4-6,8-10,12-18,20H2,1-3H3/b11-7+/t21-,22?,23?,24?,25?,26-,27?,28?/m0/s1. The van der Waals surface area contributed by atoms with E-state index < -0.39 is 0 Å². The van der Waals surface area contributed by atoms with Crippen LogP contribution in [0.3, 0.4) is 0 Å². The lowest BCUT2D eigenvalue weighted by Gasteiger charge is -2.62. The van der Waals surface area contributed by atoms with Gasteiger partial charge in [-0.2, -0.15) is 5.26 Å². The maximum atomic E-state index is 8.64. The van der Waals surface area contributed by atoms with Gasteiger partial charge in [-0.1, -0.05) is 52.5 Å². The number of rotatable bonds is 6. The number of fused-ring (bicyclic) bond motifs is 5. The Balaban J connectivity index is 1.45. The van der Waals surface area contributed by atoms with Crippen molar-refractivity contribution in [1.82, 2.24) is 0 Å². The number of nitrogens with zero attached hydrogens (tertiary/aromatic N) is 1. The van der Waals surface area contributed by atoms with E-state index in [1.165, 1.54) is 77.0 Å². The van der Waals surface area contributed by atoms with Crippen molar-refractivity contribution in [3.63, 3.8) is 0 Å². The molecular formula is C28H45N. The fourth-order valence-electron chi connectivity index (χ4n) is 9.39. The molecule has 6 unspecified atom stereocenters. The molecule has 8 atom stereocenters. The van der Waals surface area contributed by atoms with Gasteiger partial charge < -0.3 is 0 Å². The summed E-state index contributed by atoms with van der Waals surface area (Å²) in [5, 5.41) is 8.64. The Morgan fingerprint density at radius 1 is 0.931 bits per heavy atom. The second kappa shape index (κ2) is 8.77. The van der Waals surface area contributed by atoms with Gasteiger partial charge in [0, 0.05) is 6.08 Å². The van der Waals surface area contributed by atoms with Gasteiger partial charge in [0.05, 0.1) is 6.07 Å². The second-order valence-electron chi connectivity index (χ2n) is 11.8. The third kappa shape index (κ3) is 3.72. The van der Waals surface area contributed by atoms with Crippen molar-refractivity contribution in [2.75, 3.05) is 0 Å². The van der Waals surface area contributed by atoms with Crippen LogP contribution in [0.15, 0.2) is 12.2 Å². The maximum absolute atomic E-state index is 8.64. The summed E-state index contributed by atoms with van der Waals surface area (Å²) in [5.74, 6) is 6.08. The van der Waals surface area contributed by atoms with E-state index >= 15 is 0 Å². The number of unbranched alkanes of at least 4 members (excludes halogenated alkanes) is 2. The van der Waals surface area contributed by atoms with Crippen LogP contribution in [-0.4, -0.2) is 0 Å². The highest BCUT2D eigenvalue weighted by Crippen LogP contribution is 2.69. The molecule has 0 heterocycles. The molecule has 0 bridgehead atoms. The summed E-state index contributed by atoms with van der Waals surface area (Å²) in [6, 6.07) is 2.12. The van der Waals surface area contributed by atoms with E-state index in [1.807, 2.05) is 0 Å². The summed E-state index contributed by atoms with van der Waals surface area (Å²) in [5.41, 5.74) is 1.29. The second-order valence-corrected chi connectivity index (χ2v) is 11.8. The lowest BCUT2D eigenvalue weighted by Crippen LogP contribution is -2.55. The van der Waals surface area contributed by atoms with E-state index in [0.717, 1.165) is 41.9 Å².